The van der Waals surface area contributed by atoms with Crippen LogP contribution in [-0.4, -0.2) is 36.0 Å². The highest BCUT2D eigenvalue weighted by atomic mass is 16.5. The van der Waals surface area contributed by atoms with Crippen molar-refractivity contribution < 1.29 is 14.6 Å². The number of nitriles is 1. The average Bonchev–Trinajstić information content (AvgIpc) is 2.85. The molecular formula is C28H48N2O3. The first-order chi connectivity index (χ1) is 16.3. The van der Waals surface area contributed by atoms with Gasteiger partial charge in [-0.25, -0.2) is 0 Å². The predicted octanol–water partition coefficient (Wildman–Crippen LogP) is 7.11. The molecule has 0 aliphatic rings. The summed E-state index contributed by atoms with van der Waals surface area (Å²) in [7, 11) is 0. The molecule has 0 unspecified atom stereocenters. The molecule has 0 aliphatic heterocycles. The van der Waals surface area contributed by atoms with Crippen molar-refractivity contribution in [3.8, 4) is 6.07 Å². The van der Waals surface area contributed by atoms with E-state index in [9.17, 15) is 5.11 Å². The summed E-state index contributed by atoms with van der Waals surface area (Å²) in [6.45, 7) is 3.62. The number of nitrogens with zero attached hydrogens (tertiary/aromatic N) is 2. The zero-order valence-corrected chi connectivity index (χ0v) is 21.1. The second-order valence-corrected chi connectivity index (χ2v) is 9.14. The van der Waals surface area contributed by atoms with Crippen molar-refractivity contribution >= 4 is 0 Å². The van der Waals surface area contributed by atoms with Crippen molar-refractivity contribution in [3.05, 3.63) is 29.6 Å². The number of aliphatic hydroxyl groups is 1. The molecule has 0 saturated carbocycles. The molecular weight excluding hydrogens is 412 g/mol. The van der Waals surface area contributed by atoms with Crippen molar-refractivity contribution in [2.45, 2.75) is 122 Å². The van der Waals surface area contributed by atoms with Crippen molar-refractivity contribution in [2.75, 3.05) is 19.8 Å². The lowest BCUT2D eigenvalue weighted by Gasteiger charge is -2.15. The Morgan fingerprint density at radius 1 is 0.848 bits per heavy atom. The third kappa shape index (κ3) is 17.6. The van der Waals surface area contributed by atoms with E-state index in [1.807, 2.05) is 6.07 Å². The maximum absolute atomic E-state index is 9.46. The molecule has 0 fully saturated rings. The Morgan fingerprint density at radius 3 is 1.85 bits per heavy atom. The fourth-order valence-corrected chi connectivity index (χ4v) is 3.90. The highest BCUT2D eigenvalue weighted by Crippen LogP contribution is 2.13. The smallest absolute Gasteiger partial charge is 0.104 e. The van der Waals surface area contributed by atoms with Gasteiger partial charge >= 0.3 is 0 Å². The van der Waals surface area contributed by atoms with Crippen LogP contribution in [0.1, 0.15) is 121 Å². The van der Waals surface area contributed by atoms with E-state index in [1.54, 1.807) is 12.1 Å². The van der Waals surface area contributed by atoms with Crippen molar-refractivity contribution in [3.63, 3.8) is 0 Å². The standard InChI is InChI=1S/C28H48N2O3/c1-2-3-4-5-6-7-8-9-10-11-12-13-14-15-16-17-20-32-25-28(23-31)33-24-27-19-18-26(21-29)22-30-27/h18-19,22,28,31H,2-17,20,23-25H2,1H3/t28-/m0/s1. The number of rotatable bonds is 23. The van der Waals surface area contributed by atoms with Gasteiger partial charge in [0.1, 0.15) is 12.2 Å². The lowest BCUT2D eigenvalue weighted by molar-refractivity contribution is -0.0511. The summed E-state index contributed by atoms with van der Waals surface area (Å²) >= 11 is 0. The first-order valence-corrected chi connectivity index (χ1v) is 13.4. The minimum atomic E-state index is -0.344. The Hall–Kier alpha value is -1.48. The van der Waals surface area contributed by atoms with Gasteiger partial charge in [-0.15, -0.1) is 0 Å². The van der Waals surface area contributed by atoms with E-state index in [0.29, 0.717) is 25.4 Å². The van der Waals surface area contributed by atoms with Crippen molar-refractivity contribution in [1.29, 1.82) is 5.26 Å². The van der Waals surface area contributed by atoms with Crippen molar-refractivity contribution in [2.24, 2.45) is 0 Å². The molecule has 0 spiro atoms. The van der Waals surface area contributed by atoms with E-state index in [0.717, 1.165) is 12.1 Å². The quantitative estimate of drug-likeness (QED) is 0.176. The van der Waals surface area contributed by atoms with Gasteiger partial charge in [-0.1, -0.05) is 103 Å². The molecule has 5 heteroatoms. The third-order valence-electron chi connectivity index (χ3n) is 6.07. The molecule has 0 saturated heterocycles. The second kappa shape index (κ2) is 22.3. The van der Waals surface area contributed by atoms with E-state index in [2.05, 4.69) is 11.9 Å². The molecule has 0 amide bonds. The van der Waals surface area contributed by atoms with Crippen LogP contribution in [-0.2, 0) is 16.1 Å². The molecule has 0 bridgehead atoms. The number of pyridine rings is 1. The molecule has 33 heavy (non-hydrogen) atoms. The van der Waals surface area contributed by atoms with Crippen LogP contribution in [0, 0.1) is 11.3 Å². The van der Waals surface area contributed by atoms with Crippen LogP contribution in [0.2, 0.25) is 0 Å². The first-order valence-electron chi connectivity index (χ1n) is 13.4. The van der Waals surface area contributed by atoms with E-state index in [1.165, 1.54) is 103 Å². The molecule has 1 aromatic rings. The second-order valence-electron chi connectivity index (χ2n) is 9.14. The Bertz CT molecular complexity index is 586. The maximum Gasteiger partial charge on any atom is 0.104 e. The van der Waals surface area contributed by atoms with Crippen LogP contribution in [0.25, 0.3) is 0 Å². The Morgan fingerprint density at radius 2 is 1.39 bits per heavy atom. The van der Waals surface area contributed by atoms with Crippen LogP contribution in [0.5, 0.6) is 0 Å². The Balaban J connectivity index is 1.84. The molecule has 1 rings (SSSR count). The van der Waals surface area contributed by atoms with E-state index < -0.39 is 0 Å². The molecule has 0 aliphatic carbocycles. The van der Waals surface area contributed by atoms with E-state index in [-0.39, 0.29) is 12.7 Å². The lowest BCUT2D eigenvalue weighted by atomic mass is 10.0. The predicted molar refractivity (Wildman–Crippen MR) is 135 cm³/mol. The monoisotopic (exact) mass is 460 g/mol. The largest absolute Gasteiger partial charge is 0.394 e. The highest BCUT2D eigenvalue weighted by Gasteiger charge is 2.09. The van der Waals surface area contributed by atoms with Gasteiger partial charge in [-0.3, -0.25) is 4.98 Å². The van der Waals surface area contributed by atoms with Gasteiger partial charge in [0.2, 0.25) is 0 Å². The molecule has 1 heterocycles. The molecule has 0 radical (unpaired) electrons. The first kappa shape index (κ1) is 29.6. The number of hydrogen-bond acceptors (Lipinski definition) is 5. The average molecular weight is 461 g/mol. The minimum absolute atomic E-state index is 0.0742. The van der Waals surface area contributed by atoms with Gasteiger partial charge in [0, 0.05) is 12.8 Å². The number of aromatic nitrogens is 1. The Labute approximate surface area is 202 Å². The van der Waals surface area contributed by atoms with Gasteiger partial charge in [-0.05, 0) is 18.6 Å². The zero-order chi connectivity index (χ0) is 23.8. The zero-order valence-electron chi connectivity index (χ0n) is 21.1. The Kier molecular flexibility index (Phi) is 20.0. The van der Waals surface area contributed by atoms with E-state index in [4.69, 9.17) is 14.7 Å². The summed E-state index contributed by atoms with van der Waals surface area (Å²) in [5.74, 6) is 0. The van der Waals surface area contributed by atoms with Gasteiger partial charge in [-0.2, -0.15) is 5.26 Å². The highest BCUT2D eigenvalue weighted by molar-refractivity contribution is 5.26. The normalized spacial score (nSPS) is 12.0. The van der Waals surface area contributed by atoms with Gasteiger partial charge in [0.05, 0.1) is 31.1 Å². The molecule has 188 valence electrons. The maximum atomic E-state index is 9.46. The number of hydrogen-bond donors (Lipinski definition) is 1. The summed E-state index contributed by atoms with van der Waals surface area (Å²) in [4.78, 5) is 4.17. The summed E-state index contributed by atoms with van der Waals surface area (Å²) in [5.41, 5.74) is 1.27. The summed E-state index contributed by atoms with van der Waals surface area (Å²) in [6.07, 6.45) is 23.0. The van der Waals surface area contributed by atoms with Crippen LogP contribution in [0.15, 0.2) is 18.3 Å². The third-order valence-corrected chi connectivity index (χ3v) is 6.07. The van der Waals surface area contributed by atoms with E-state index >= 15 is 0 Å². The number of ether oxygens (including phenoxy) is 2. The minimum Gasteiger partial charge on any atom is -0.394 e. The van der Waals surface area contributed by atoms with Crippen LogP contribution < -0.4 is 0 Å². The number of aliphatic hydroxyl groups excluding tert-OH is 1. The van der Waals surface area contributed by atoms with Crippen LogP contribution in [0.3, 0.4) is 0 Å². The summed E-state index contributed by atoms with van der Waals surface area (Å²) < 4.78 is 11.3. The van der Waals surface area contributed by atoms with Gasteiger partial charge in [0.25, 0.3) is 0 Å². The fourth-order valence-electron chi connectivity index (χ4n) is 3.90. The molecule has 1 atom stereocenters. The SMILES string of the molecule is CCCCCCCCCCCCCCCCCCOC[C@H](CO)OCc1ccc(C#N)cn1. The number of unbranched alkanes of at least 4 members (excludes halogenated alkanes) is 15. The molecule has 0 aromatic carbocycles. The molecule has 5 nitrogen and oxygen atoms in total. The molecule has 1 aromatic heterocycles. The topological polar surface area (TPSA) is 75.4 Å². The summed E-state index contributed by atoms with van der Waals surface area (Å²) in [5, 5.41) is 18.3. The van der Waals surface area contributed by atoms with Gasteiger partial charge in [0.15, 0.2) is 0 Å². The van der Waals surface area contributed by atoms with Gasteiger partial charge < -0.3 is 14.6 Å². The fraction of sp³-hybridized carbons (Fsp3) is 0.786. The lowest BCUT2D eigenvalue weighted by Crippen LogP contribution is -2.24. The van der Waals surface area contributed by atoms with Crippen LogP contribution in [0.4, 0.5) is 0 Å². The van der Waals surface area contributed by atoms with Crippen molar-refractivity contribution in [1.82, 2.24) is 4.98 Å². The van der Waals surface area contributed by atoms with Crippen LogP contribution >= 0.6 is 0 Å². The molecule has 1 N–H and O–H groups in total. The summed E-state index contributed by atoms with van der Waals surface area (Å²) in [6, 6.07) is 5.53.